The van der Waals surface area contributed by atoms with Crippen LogP contribution < -0.4 is 50.6 Å². The Labute approximate surface area is 558 Å². The summed E-state index contributed by atoms with van der Waals surface area (Å²) in [5.41, 5.74) is 7.61. The number of thiophene rings is 1. The molecule has 5 heterocycles. The number of hydrogen-bond donors (Lipinski definition) is 3. The van der Waals surface area contributed by atoms with Gasteiger partial charge in [-0.2, -0.15) is 0 Å². The third-order valence-electron chi connectivity index (χ3n) is 15.8. The van der Waals surface area contributed by atoms with Gasteiger partial charge in [-0.05, 0) is 81.2 Å². The number of hydrogen-bond acceptors (Lipinski definition) is 17. The minimum Gasteiger partial charge on any atom is -0.550 e. The maximum atomic E-state index is 14.6. The van der Waals surface area contributed by atoms with Crippen LogP contribution in [0.4, 0.5) is 0 Å². The van der Waals surface area contributed by atoms with Gasteiger partial charge in [-0.25, -0.2) is 4.98 Å². The van der Waals surface area contributed by atoms with E-state index in [1.807, 2.05) is 93.2 Å². The Morgan fingerprint density at radius 1 is 0.753 bits per heavy atom. The molecule has 24 heteroatoms. The number of carboxylic acids is 1. The van der Waals surface area contributed by atoms with Crippen LogP contribution in [-0.4, -0.2) is 137 Å². The van der Waals surface area contributed by atoms with Crippen molar-refractivity contribution in [1.82, 2.24) is 40.6 Å². The number of nitrogens with one attached hydrogen (secondary N) is 3. The normalized spacial score (nSPS) is 15.7. The van der Waals surface area contributed by atoms with E-state index < -0.39 is 53.3 Å². The molecule has 2 aromatic carbocycles. The van der Waals surface area contributed by atoms with Crippen molar-refractivity contribution in [3.05, 3.63) is 104 Å². The smallest absolute Gasteiger partial charge is 0.550 e. The number of rotatable bonds is 36. The van der Waals surface area contributed by atoms with Crippen LogP contribution in [0.3, 0.4) is 0 Å². The number of amides is 4. The number of nitrogens with zero attached hydrogens (tertiary/aromatic N) is 6. The number of aliphatic imine (C=N–C) groups is 1. The van der Waals surface area contributed by atoms with Crippen LogP contribution in [0.5, 0.6) is 0 Å². The van der Waals surface area contributed by atoms with Crippen molar-refractivity contribution in [1.29, 1.82) is 0 Å². The van der Waals surface area contributed by atoms with Crippen LogP contribution in [0.15, 0.2) is 59.0 Å². The number of carbonyl (C=O) groups is 6. The Morgan fingerprint density at radius 2 is 1.36 bits per heavy atom. The molecule has 20 nitrogen and oxygen atoms in total. The number of unbranched alkanes of at least 4 members (excludes halogenated alkanes) is 11. The van der Waals surface area contributed by atoms with E-state index in [2.05, 4.69) is 45.0 Å². The Balaban J connectivity index is 0.0000126. The third-order valence-corrected chi connectivity index (χ3v) is 18.2. The fourth-order valence-electron chi connectivity index (χ4n) is 10.9. The molecule has 3 N–H and O–H groups in total. The molecule has 2 aliphatic heterocycles. The van der Waals surface area contributed by atoms with Crippen LogP contribution in [0.25, 0.3) is 15.4 Å². The molecule has 7 rings (SSSR count). The Kier molecular flexibility index (Phi) is 29.8. The monoisotopic (exact) mass is 1290 g/mol. The molecule has 1 fully saturated rings. The largest absolute Gasteiger partial charge is 1.00 e. The molecule has 478 valence electrons. The van der Waals surface area contributed by atoms with E-state index in [-0.39, 0.29) is 126 Å². The molecule has 89 heavy (non-hydrogen) atoms. The molecule has 1 saturated heterocycles. The van der Waals surface area contributed by atoms with Gasteiger partial charge in [0.15, 0.2) is 5.82 Å². The molecular formula is C65H87ClN9NaO11S2. The van der Waals surface area contributed by atoms with Gasteiger partial charge in [0.05, 0.1) is 67.8 Å². The number of carboxylic acid groups (broad SMARTS) is 1. The fourth-order valence-corrected chi connectivity index (χ4v) is 13.0. The number of carbonyl (C=O) groups excluding carboxylic acids is 6. The fraction of sp³-hybridized carbons (Fsp3) is 0.569. The number of fused-ring (bicyclic) bond motifs is 3. The molecule has 0 bridgehead atoms. The van der Waals surface area contributed by atoms with Crippen molar-refractivity contribution in [3.63, 3.8) is 0 Å². The number of likely N-dealkylation sites (tertiary alicyclic amines) is 1. The summed E-state index contributed by atoms with van der Waals surface area (Å²) in [5, 5.41) is 29.8. The molecule has 0 saturated carbocycles. The van der Waals surface area contributed by atoms with Crippen molar-refractivity contribution in [2.75, 3.05) is 52.7 Å². The number of aromatic nitrogens is 4. The summed E-state index contributed by atoms with van der Waals surface area (Å²) in [6, 6.07) is 12.8. The van der Waals surface area contributed by atoms with Gasteiger partial charge in [0.25, 0.3) is 0 Å². The van der Waals surface area contributed by atoms with E-state index in [1.54, 1.807) is 22.7 Å². The Hall–Kier alpha value is -5.43. The second-order valence-electron chi connectivity index (χ2n) is 23.8. The first-order chi connectivity index (χ1) is 42.3. The van der Waals surface area contributed by atoms with Crippen molar-refractivity contribution < 1.29 is 82.4 Å². The second kappa shape index (κ2) is 36.6. The molecule has 0 radical (unpaired) electrons. The van der Waals surface area contributed by atoms with E-state index >= 15 is 0 Å². The predicted molar refractivity (Wildman–Crippen MR) is 339 cm³/mol. The number of thiazole rings is 1. The molecule has 0 aliphatic carbocycles. The van der Waals surface area contributed by atoms with Gasteiger partial charge in [-0.15, -0.1) is 32.9 Å². The van der Waals surface area contributed by atoms with Crippen molar-refractivity contribution in [2.45, 2.75) is 182 Å². The maximum Gasteiger partial charge on any atom is 1.00 e. The van der Waals surface area contributed by atoms with E-state index in [1.165, 1.54) is 4.90 Å². The summed E-state index contributed by atoms with van der Waals surface area (Å²) in [7, 11) is 0. The number of aliphatic carboxylic acids is 1. The molecule has 4 amide bonds. The minimum atomic E-state index is -1.05. The van der Waals surface area contributed by atoms with Gasteiger partial charge in [0.2, 0.25) is 23.6 Å². The zero-order valence-corrected chi connectivity index (χ0v) is 57.4. The quantitative estimate of drug-likeness (QED) is 0.0224. The summed E-state index contributed by atoms with van der Waals surface area (Å²) >= 11 is 9.46. The van der Waals surface area contributed by atoms with Gasteiger partial charge in [0, 0.05) is 52.9 Å². The van der Waals surface area contributed by atoms with Crippen LogP contribution in [-0.2, 0) is 54.3 Å². The van der Waals surface area contributed by atoms with Crippen LogP contribution in [0.1, 0.15) is 174 Å². The van der Waals surface area contributed by atoms with E-state index in [0.29, 0.717) is 29.5 Å². The average molecular weight is 1290 g/mol. The second-order valence-corrected chi connectivity index (χ2v) is 26.2. The van der Waals surface area contributed by atoms with E-state index in [4.69, 9.17) is 35.5 Å². The van der Waals surface area contributed by atoms with E-state index in [9.17, 15) is 33.9 Å². The van der Waals surface area contributed by atoms with Gasteiger partial charge in [-0.3, -0.25) is 33.5 Å². The molecule has 0 unspecified atom stereocenters. The number of benzene rings is 2. The van der Waals surface area contributed by atoms with Gasteiger partial charge in [0.1, 0.15) is 41.7 Å². The third kappa shape index (κ3) is 22.1. The maximum absolute atomic E-state index is 14.6. The zero-order chi connectivity index (χ0) is 63.2. The molecule has 4 atom stereocenters. The van der Waals surface area contributed by atoms with Crippen LogP contribution in [0, 0.1) is 33.1 Å². The summed E-state index contributed by atoms with van der Waals surface area (Å²) < 4.78 is 25.0. The van der Waals surface area contributed by atoms with E-state index in [0.717, 1.165) is 118 Å². The first-order valence-electron chi connectivity index (χ1n) is 30.9. The van der Waals surface area contributed by atoms with Crippen molar-refractivity contribution in [2.24, 2.45) is 10.4 Å². The first-order valence-corrected chi connectivity index (χ1v) is 33.0. The van der Waals surface area contributed by atoms with Crippen molar-refractivity contribution in [3.8, 4) is 15.4 Å². The summed E-state index contributed by atoms with van der Waals surface area (Å²) in [5.74, 6) is -1.66. The van der Waals surface area contributed by atoms with Gasteiger partial charge in [-0.1, -0.05) is 133 Å². The Bertz CT molecular complexity index is 3150. The first kappa shape index (κ1) is 72.6. The number of ether oxygens (including phenoxy) is 4. The predicted octanol–water partition coefficient (Wildman–Crippen LogP) is 6.36. The molecule has 5 aromatic rings. The average Bonchev–Trinajstić information content (AvgIpc) is 1.69. The summed E-state index contributed by atoms with van der Waals surface area (Å²) in [4.78, 5) is 92.5. The number of aryl methyl sites for hydroxylation is 3. The summed E-state index contributed by atoms with van der Waals surface area (Å²) in [6.45, 7) is 14.6. The van der Waals surface area contributed by atoms with Crippen LogP contribution in [0.2, 0.25) is 5.02 Å². The summed E-state index contributed by atoms with van der Waals surface area (Å²) in [6.07, 6.45) is 11.8. The standard InChI is InChI=1S/C65H88ClN9O11S2.Na/c1-42-44(3)88-64-57(42)58(47-26-28-49(66)29-27-47)70-51(61-73-72-45(4)75(61)64)37-53(76)67-30-31-83-32-33-84-34-35-85-40-54(77)71-60(65(5,6)7)63(82)74-39-50(86-56(80)21-19-17-15-13-11-9-8-10-12-14-16-18-20-55(78)79)36-52(74)62(81)68-38-46-22-24-48(25-23-46)59-43(2)69-41-87-59;/h22-29,41,50-52,60H,8-21,30-40H2,1-7H3,(H,67,76)(H,68,81)(H,71,77)(H,78,79);/q;+1/p-1/t50-,51+,52+,60-;/m1./s1. The number of esters is 1. The topological polar surface area (TPSA) is 258 Å². The van der Waals surface area contributed by atoms with Crippen molar-refractivity contribution >= 4 is 75.6 Å². The zero-order valence-electron chi connectivity index (χ0n) is 53.1. The van der Waals surface area contributed by atoms with Gasteiger partial charge >= 0.3 is 35.5 Å². The molecular weight excluding hydrogens is 1210 g/mol. The SMILES string of the molecule is Cc1ncsc1-c1ccc(CNC(=O)[C@@H]2C[C@@H](OC(=O)CCCCCCCCCCCCCCC(=O)[O-])CN2C(=O)[C@@H](NC(=O)COCCOCCOCCNC(=O)C[C@@H]2N=C(c3ccc(Cl)cc3)c3c(sc(C)c3C)-n3c(C)nnc32)C(C)(C)C)cc1.[Na+]. The van der Waals surface area contributed by atoms with Crippen LogP contribution >= 0.6 is 34.3 Å². The molecule has 0 spiro atoms. The number of halogens is 1. The molecule has 3 aromatic heterocycles. The molecule has 2 aliphatic rings. The Morgan fingerprint density at radius 3 is 1.98 bits per heavy atom. The minimum absolute atomic E-state index is 0. The van der Waals surface area contributed by atoms with Gasteiger partial charge < -0.3 is 49.7 Å².